The first-order chi connectivity index (χ1) is 11.1. The third-order valence-corrected chi connectivity index (χ3v) is 3.57. The number of quaternary nitrogens is 1. The molecule has 2 amide bonds. The van der Waals surface area contributed by atoms with Gasteiger partial charge in [0.25, 0.3) is 11.8 Å². The lowest BCUT2D eigenvalue weighted by Gasteiger charge is -2.15. The van der Waals surface area contributed by atoms with Crippen LogP contribution in [0.2, 0.25) is 0 Å². The van der Waals surface area contributed by atoms with Crippen LogP contribution >= 0.6 is 0 Å². The molecule has 0 aliphatic rings. The van der Waals surface area contributed by atoms with Gasteiger partial charge in [-0.2, -0.15) is 0 Å². The minimum absolute atomic E-state index is 0.222. The summed E-state index contributed by atoms with van der Waals surface area (Å²) in [5.41, 5.74) is 7.81. The molecule has 5 nitrogen and oxygen atoms in total. The van der Waals surface area contributed by atoms with Crippen molar-refractivity contribution in [3.05, 3.63) is 71.3 Å². The van der Waals surface area contributed by atoms with E-state index in [1.165, 1.54) is 11.1 Å². The van der Waals surface area contributed by atoms with Crippen LogP contribution in [0.4, 0.5) is 0 Å². The van der Waals surface area contributed by atoms with Crippen molar-refractivity contribution < 1.29 is 14.5 Å². The Morgan fingerprint density at radius 2 is 1.61 bits per heavy atom. The first kappa shape index (κ1) is 16.7. The normalized spacial score (nSPS) is 11.6. The highest BCUT2D eigenvalue weighted by Gasteiger charge is 2.12. The summed E-state index contributed by atoms with van der Waals surface area (Å²) in [4.78, 5) is 24.8. The summed E-state index contributed by atoms with van der Waals surface area (Å²) in [6.07, 6.45) is 0. The molecule has 0 saturated heterocycles. The Bertz CT molecular complexity index is 671. The summed E-state index contributed by atoms with van der Waals surface area (Å²) in [6, 6.07) is 16.9. The van der Waals surface area contributed by atoms with Crippen LogP contribution in [-0.4, -0.2) is 25.4 Å². The molecule has 3 N–H and O–H groups in total. The van der Waals surface area contributed by atoms with Crippen molar-refractivity contribution in [2.75, 3.05) is 13.6 Å². The number of nitrogens with one attached hydrogen (secondary N) is 3. The van der Waals surface area contributed by atoms with Crippen LogP contribution in [0, 0.1) is 6.92 Å². The van der Waals surface area contributed by atoms with E-state index in [0.29, 0.717) is 5.56 Å². The van der Waals surface area contributed by atoms with Crippen LogP contribution in [0.3, 0.4) is 0 Å². The molecule has 1 atom stereocenters. The predicted molar refractivity (Wildman–Crippen MR) is 88.7 cm³/mol. The van der Waals surface area contributed by atoms with Gasteiger partial charge in [0.05, 0.1) is 7.05 Å². The second-order valence-corrected chi connectivity index (χ2v) is 5.61. The fourth-order valence-electron chi connectivity index (χ4n) is 2.30. The molecule has 2 rings (SSSR count). The smallest absolute Gasteiger partial charge is 0.293 e. The van der Waals surface area contributed by atoms with Gasteiger partial charge < -0.3 is 4.90 Å². The van der Waals surface area contributed by atoms with Crippen LogP contribution in [0.5, 0.6) is 0 Å². The maximum Gasteiger partial charge on any atom is 0.293 e. The van der Waals surface area contributed by atoms with E-state index < -0.39 is 0 Å². The molecule has 2 aromatic carbocycles. The maximum absolute atomic E-state index is 11.9. The number of amides is 2. The van der Waals surface area contributed by atoms with Crippen molar-refractivity contribution >= 4 is 11.8 Å². The van der Waals surface area contributed by atoms with E-state index in [0.717, 1.165) is 11.4 Å². The van der Waals surface area contributed by atoms with E-state index in [9.17, 15) is 9.59 Å². The van der Waals surface area contributed by atoms with Crippen LogP contribution < -0.4 is 15.8 Å². The van der Waals surface area contributed by atoms with Crippen molar-refractivity contribution in [1.29, 1.82) is 0 Å². The van der Waals surface area contributed by atoms with E-state index in [2.05, 4.69) is 29.9 Å². The molecule has 0 fully saturated rings. The number of likely N-dealkylation sites (N-methyl/N-ethyl adjacent to an activating group) is 1. The lowest BCUT2D eigenvalue weighted by atomic mass is 10.1. The lowest BCUT2D eigenvalue weighted by Crippen LogP contribution is -3.09. The number of rotatable bonds is 5. The molecule has 0 saturated carbocycles. The van der Waals surface area contributed by atoms with Crippen molar-refractivity contribution in [3.63, 3.8) is 0 Å². The van der Waals surface area contributed by atoms with E-state index in [1.807, 2.05) is 25.2 Å². The van der Waals surface area contributed by atoms with Crippen molar-refractivity contribution in [1.82, 2.24) is 10.9 Å². The van der Waals surface area contributed by atoms with Crippen LogP contribution in [0.25, 0.3) is 0 Å². The Kier molecular flexibility index (Phi) is 5.88. The Labute approximate surface area is 136 Å². The highest BCUT2D eigenvalue weighted by molar-refractivity contribution is 5.95. The summed E-state index contributed by atoms with van der Waals surface area (Å²) in [5.74, 6) is -0.545. The molecule has 0 bridgehead atoms. The summed E-state index contributed by atoms with van der Waals surface area (Å²) in [6.45, 7) is 3.10. The molecule has 0 aliphatic heterocycles. The number of carbonyl (C=O) groups excluding carboxylic acids is 2. The average molecular weight is 312 g/mol. The maximum atomic E-state index is 11.9. The Balaban J connectivity index is 1.78. The molecule has 2 aromatic rings. The molecule has 120 valence electrons. The summed E-state index contributed by atoms with van der Waals surface area (Å²) in [5, 5.41) is 0. The minimum atomic E-state index is -0.324. The molecule has 0 aromatic heterocycles. The molecule has 5 heteroatoms. The first-order valence-electron chi connectivity index (χ1n) is 7.56. The Morgan fingerprint density at radius 1 is 0.957 bits per heavy atom. The van der Waals surface area contributed by atoms with Gasteiger partial charge in [-0.25, -0.2) is 0 Å². The van der Waals surface area contributed by atoms with Gasteiger partial charge in [-0.1, -0.05) is 42.5 Å². The molecule has 23 heavy (non-hydrogen) atoms. The fourth-order valence-corrected chi connectivity index (χ4v) is 2.30. The zero-order chi connectivity index (χ0) is 16.7. The summed E-state index contributed by atoms with van der Waals surface area (Å²) < 4.78 is 0. The van der Waals surface area contributed by atoms with Gasteiger partial charge in [0.2, 0.25) is 0 Å². The summed E-state index contributed by atoms with van der Waals surface area (Å²) >= 11 is 0. The molecule has 1 unspecified atom stereocenters. The number of carbonyl (C=O) groups is 2. The van der Waals surface area contributed by atoms with Crippen molar-refractivity contribution in [2.24, 2.45) is 0 Å². The van der Waals surface area contributed by atoms with E-state index >= 15 is 0 Å². The minimum Gasteiger partial charge on any atom is -0.326 e. The summed E-state index contributed by atoms with van der Waals surface area (Å²) in [7, 11) is 1.95. The second-order valence-electron chi connectivity index (χ2n) is 5.61. The monoisotopic (exact) mass is 312 g/mol. The predicted octanol–water partition coefficient (Wildman–Crippen LogP) is 0.471. The molecular formula is C18H22N3O2+. The van der Waals surface area contributed by atoms with Gasteiger partial charge in [-0.05, 0) is 24.6 Å². The Morgan fingerprint density at radius 3 is 2.30 bits per heavy atom. The highest BCUT2D eigenvalue weighted by atomic mass is 16.2. The Hall–Kier alpha value is -2.66. The second kappa shape index (κ2) is 8.10. The number of hydrogen-bond acceptors (Lipinski definition) is 2. The third-order valence-electron chi connectivity index (χ3n) is 3.57. The number of hydrazine groups is 1. The third kappa shape index (κ3) is 5.23. The van der Waals surface area contributed by atoms with E-state index in [1.54, 1.807) is 24.3 Å². The van der Waals surface area contributed by atoms with E-state index in [4.69, 9.17) is 0 Å². The molecule has 0 radical (unpaired) electrons. The van der Waals surface area contributed by atoms with Gasteiger partial charge >= 0.3 is 0 Å². The fraction of sp³-hybridized carbons (Fsp3) is 0.222. The molecule has 0 spiro atoms. The van der Waals surface area contributed by atoms with Crippen LogP contribution in [0.1, 0.15) is 21.5 Å². The van der Waals surface area contributed by atoms with Crippen molar-refractivity contribution in [2.45, 2.75) is 13.5 Å². The van der Waals surface area contributed by atoms with Gasteiger partial charge in [0.15, 0.2) is 6.54 Å². The first-order valence-corrected chi connectivity index (χ1v) is 7.56. The van der Waals surface area contributed by atoms with Gasteiger partial charge in [-0.3, -0.25) is 20.4 Å². The lowest BCUT2D eigenvalue weighted by molar-refractivity contribution is -0.885. The van der Waals surface area contributed by atoms with Crippen LogP contribution in [-0.2, 0) is 11.3 Å². The van der Waals surface area contributed by atoms with Crippen LogP contribution in [0.15, 0.2) is 54.6 Å². The standard InChI is InChI=1S/C18H21N3O2/c1-14-8-6-7-11-16(14)12-21(2)13-17(22)19-20-18(23)15-9-4-3-5-10-15/h3-11H,12-13H2,1-2H3,(H,19,22)(H,20,23)/p+1. The topological polar surface area (TPSA) is 62.6 Å². The van der Waals surface area contributed by atoms with Gasteiger partial charge in [0.1, 0.15) is 6.54 Å². The van der Waals surface area contributed by atoms with Crippen molar-refractivity contribution in [3.8, 4) is 0 Å². The SMILES string of the molecule is Cc1ccccc1C[NH+](C)CC(=O)NNC(=O)c1ccccc1. The van der Waals surface area contributed by atoms with E-state index in [-0.39, 0.29) is 18.4 Å². The molecule has 0 aliphatic carbocycles. The quantitative estimate of drug-likeness (QED) is 0.703. The number of hydrogen-bond donors (Lipinski definition) is 3. The zero-order valence-electron chi connectivity index (χ0n) is 13.4. The number of benzene rings is 2. The molecule has 0 heterocycles. The largest absolute Gasteiger partial charge is 0.326 e. The number of aryl methyl sites for hydroxylation is 1. The van der Waals surface area contributed by atoms with Gasteiger partial charge in [-0.15, -0.1) is 0 Å². The van der Waals surface area contributed by atoms with Gasteiger partial charge in [0, 0.05) is 11.1 Å². The zero-order valence-corrected chi connectivity index (χ0v) is 13.4. The average Bonchev–Trinajstić information content (AvgIpc) is 2.55. The molecular weight excluding hydrogens is 290 g/mol. The highest BCUT2D eigenvalue weighted by Crippen LogP contribution is 2.04.